The van der Waals surface area contributed by atoms with Gasteiger partial charge >= 0.3 is 0 Å². The molecule has 0 spiro atoms. The van der Waals surface area contributed by atoms with E-state index in [0.717, 1.165) is 36.9 Å². The number of ether oxygens (including phenoxy) is 1. The lowest BCUT2D eigenvalue weighted by molar-refractivity contribution is -0.00136. The quantitative estimate of drug-likeness (QED) is 0.939. The molecule has 1 aliphatic heterocycles. The number of imidazole rings is 1. The van der Waals surface area contributed by atoms with Gasteiger partial charge in [0.05, 0.1) is 6.04 Å². The van der Waals surface area contributed by atoms with Crippen molar-refractivity contribution >= 4 is 5.82 Å². The van der Waals surface area contributed by atoms with E-state index in [1.807, 2.05) is 36.3 Å². The van der Waals surface area contributed by atoms with E-state index < -0.39 is 0 Å². The van der Waals surface area contributed by atoms with E-state index in [4.69, 9.17) is 4.74 Å². The number of aromatic nitrogens is 4. The first-order chi connectivity index (χ1) is 10.8. The number of rotatable bonds is 4. The molecule has 2 aromatic rings. The summed E-state index contributed by atoms with van der Waals surface area (Å²) < 4.78 is 8.02. The van der Waals surface area contributed by atoms with Gasteiger partial charge in [-0.1, -0.05) is 0 Å². The van der Waals surface area contributed by atoms with Gasteiger partial charge in [0.15, 0.2) is 0 Å². The normalized spacial score (nSPS) is 25.1. The first kappa shape index (κ1) is 13.7. The highest BCUT2D eigenvalue weighted by atomic mass is 16.5. The van der Waals surface area contributed by atoms with Crippen molar-refractivity contribution in [1.82, 2.24) is 19.5 Å². The number of hydrogen-bond donors (Lipinski definition) is 1. The largest absolute Gasteiger partial charge is 0.368 e. The standard InChI is InChI=1S/C16H21N5O/c1-21-9-8-18-16(21)14-12(3-2-10-22-14)19-13-6-7-17-15(20-13)11-4-5-11/h6-9,11-12,14H,2-5,10H2,1H3,(H,17,19,20)/t12-,14-/m0/s1. The fourth-order valence-electron chi connectivity index (χ4n) is 3.02. The predicted octanol–water partition coefficient (Wildman–Crippen LogP) is 2.42. The minimum Gasteiger partial charge on any atom is -0.368 e. The summed E-state index contributed by atoms with van der Waals surface area (Å²) >= 11 is 0. The second-order valence-corrected chi connectivity index (χ2v) is 6.16. The van der Waals surface area contributed by atoms with Crippen molar-refractivity contribution in [2.45, 2.75) is 43.7 Å². The monoisotopic (exact) mass is 299 g/mol. The first-order valence-corrected chi connectivity index (χ1v) is 7.99. The highest BCUT2D eigenvalue weighted by Crippen LogP contribution is 2.38. The summed E-state index contributed by atoms with van der Waals surface area (Å²) in [6.07, 6.45) is 10.1. The van der Waals surface area contributed by atoms with Crippen molar-refractivity contribution in [2.75, 3.05) is 11.9 Å². The number of nitrogens with zero attached hydrogens (tertiary/aromatic N) is 4. The van der Waals surface area contributed by atoms with Crippen LogP contribution in [-0.4, -0.2) is 32.2 Å². The molecule has 1 N–H and O–H groups in total. The number of anilines is 1. The Balaban J connectivity index is 1.54. The van der Waals surface area contributed by atoms with Crippen molar-refractivity contribution in [3.8, 4) is 0 Å². The second kappa shape index (κ2) is 5.68. The summed E-state index contributed by atoms with van der Waals surface area (Å²) in [5.41, 5.74) is 0. The summed E-state index contributed by atoms with van der Waals surface area (Å²) in [5, 5.41) is 3.54. The van der Waals surface area contributed by atoms with Gasteiger partial charge in [0.2, 0.25) is 0 Å². The molecule has 3 heterocycles. The zero-order valence-electron chi connectivity index (χ0n) is 12.8. The molecule has 1 saturated carbocycles. The van der Waals surface area contributed by atoms with Crippen LogP contribution in [0.1, 0.15) is 49.4 Å². The SMILES string of the molecule is Cn1ccnc1[C@H]1OCCC[C@@H]1Nc1ccnc(C2CC2)n1. The summed E-state index contributed by atoms with van der Waals surface area (Å²) in [6, 6.07) is 2.13. The maximum atomic E-state index is 5.99. The van der Waals surface area contributed by atoms with Crippen LogP contribution in [0.2, 0.25) is 0 Å². The number of hydrogen-bond acceptors (Lipinski definition) is 5. The molecule has 22 heavy (non-hydrogen) atoms. The Morgan fingerprint density at radius 3 is 2.91 bits per heavy atom. The molecule has 6 heteroatoms. The van der Waals surface area contributed by atoms with E-state index in [2.05, 4.69) is 20.3 Å². The molecule has 2 aromatic heterocycles. The molecule has 6 nitrogen and oxygen atoms in total. The Morgan fingerprint density at radius 2 is 2.14 bits per heavy atom. The Bertz CT molecular complexity index is 651. The van der Waals surface area contributed by atoms with Crippen molar-refractivity contribution < 1.29 is 4.74 Å². The van der Waals surface area contributed by atoms with Gasteiger partial charge < -0.3 is 14.6 Å². The van der Waals surface area contributed by atoms with E-state index in [-0.39, 0.29) is 12.1 Å². The molecule has 0 unspecified atom stereocenters. The lowest BCUT2D eigenvalue weighted by Gasteiger charge is -2.32. The molecule has 0 aromatic carbocycles. The summed E-state index contributed by atoms with van der Waals surface area (Å²) in [5.74, 6) is 3.39. The van der Waals surface area contributed by atoms with Gasteiger partial charge in [-0.2, -0.15) is 0 Å². The van der Waals surface area contributed by atoms with Crippen LogP contribution in [-0.2, 0) is 11.8 Å². The molecule has 0 bridgehead atoms. The van der Waals surface area contributed by atoms with Crippen LogP contribution in [0.5, 0.6) is 0 Å². The smallest absolute Gasteiger partial charge is 0.139 e. The Kier molecular flexibility index (Phi) is 3.54. The topological polar surface area (TPSA) is 64.9 Å². The Morgan fingerprint density at radius 1 is 1.23 bits per heavy atom. The molecule has 2 atom stereocenters. The van der Waals surface area contributed by atoms with E-state index >= 15 is 0 Å². The summed E-state index contributed by atoms with van der Waals surface area (Å²) in [4.78, 5) is 13.5. The number of nitrogens with one attached hydrogen (secondary N) is 1. The zero-order valence-corrected chi connectivity index (χ0v) is 12.8. The van der Waals surface area contributed by atoms with Crippen molar-refractivity contribution in [2.24, 2.45) is 7.05 Å². The van der Waals surface area contributed by atoms with Crippen LogP contribution in [0, 0.1) is 0 Å². The summed E-state index contributed by atoms with van der Waals surface area (Å²) in [6.45, 7) is 0.785. The zero-order chi connectivity index (χ0) is 14.9. The molecular formula is C16H21N5O. The maximum absolute atomic E-state index is 5.99. The third-order valence-corrected chi connectivity index (χ3v) is 4.39. The third kappa shape index (κ3) is 2.70. The predicted molar refractivity (Wildman–Crippen MR) is 82.6 cm³/mol. The fraction of sp³-hybridized carbons (Fsp3) is 0.562. The van der Waals surface area contributed by atoms with Crippen LogP contribution in [0.4, 0.5) is 5.82 Å². The molecule has 116 valence electrons. The number of aryl methyl sites for hydroxylation is 1. The summed E-state index contributed by atoms with van der Waals surface area (Å²) in [7, 11) is 2.01. The Labute approximate surface area is 130 Å². The Hall–Kier alpha value is -1.95. The van der Waals surface area contributed by atoms with Crippen LogP contribution in [0.15, 0.2) is 24.7 Å². The highest BCUT2D eigenvalue weighted by Gasteiger charge is 2.31. The van der Waals surface area contributed by atoms with Gasteiger partial charge in [0, 0.05) is 38.2 Å². The van der Waals surface area contributed by atoms with E-state index in [1.165, 1.54) is 12.8 Å². The van der Waals surface area contributed by atoms with Gasteiger partial charge in [0.25, 0.3) is 0 Å². The lowest BCUT2D eigenvalue weighted by Crippen LogP contribution is -2.35. The molecule has 0 amide bonds. The molecule has 1 aliphatic carbocycles. The molecular weight excluding hydrogens is 278 g/mol. The van der Waals surface area contributed by atoms with E-state index in [9.17, 15) is 0 Å². The highest BCUT2D eigenvalue weighted by molar-refractivity contribution is 5.36. The average Bonchev–Trinajstić information content (AvgIpc) is 3.31. The van der Waals surface area contributed by atoms with Gasteiger partial charge in [-0.15, -0.1) is 0 Å². The van der Waals surface area contributed by atoms with Gasteiger partial charge in [-0.05, 0) is 31.7 Å². The molecule has 1 saturated heterocycles. The van der Waals surface area contributed by atoms with Crippen LogP contribution in [0.25, 0.3) is 0 Å². The van der Waals surface area contributed by atoms with Gasteiger partial charge in [-0.3, -0.25) is 0 Å². The van der Waals surface area contributed by atoms with Crippen molar-refractivity contribution in [1.29, 1.82) is 0 Å². The van der Waals surface area contributed by atoms with Crippen LogP contribution < -0.4 is 5.32 Å². The maximum Gasteiger partial charge on any atom is 0.139 e. The van der Waals surface area contributed by atoms with E-state index in [0.29, 0.717) is 5.92 Å². The minimum atomic E-state index is -0.0342. The van der Waals surface area contributed by atoms with Crippen molar-refractivity contribution in [3.05, 3.63) is 36.3 Å². The van der Waals surface area contributed by atoms with Gasteiger partial charge in [-0.25, -0.2) is 15.0 Å². The molecule has 2 aliphatic rings. The fourth-order valence-corrected chi connectivity index (χ4v) is 3.02. The van der Waals surface area contributed by atoms with Crippen LogP contribution in [0.3, 0.4) is 0 Å². The van der Waals surface area contributed by atoms with Crippen LogP contribution >= 0.6 is 0 Å². The van der Waals surface area contributed by atoms with Crippen molar-refractivity contribution in [3.63, 3.8) is 0 Å². The minimum absolute atomic E-state index is 0.0342. The molecule has 2 fully saturated rings. The molecule has 0 radical (unpaired) electrons. The lowest BCUT2D eigenvalue weighted by atomic mass is 10.0. The third-order valence-electron chi connectivity index (χ3n) is 4.39. The van der Waals surface area contributed by atoms with Gasteiger partial charge in [0.1, 0.15) is 23.6 Å². The molecule has 4 rings (SSSR count). The van der Waals surface area contributed by atoms with E-state index in [1.54, 1.807) is 0 Å². The second-order valence-electron chi connectivity index (χ2n) is 6.16. The first-order valence-electron chi connectivity index (χ1n) is 7.99. The average molecular weight is 299 g/mol.